The van der Waals surface area contributed by atoms with Crippen molar-refractivity contribution >= 4 is 17.3 Å². The molecule has 112 valence electrons. The van der Waals surface area contributed by atoms with E-state index in [1.165, 1.54) is 25.0 Å². The number of aromatic nitrogens is 2. The number of anilines is 3. The van der Waals surface area contributed by atoms with Crippen LogP contribution in [-0.2, 0) is 0 Å². The van der Waals surface area contributed by atoms with Gasteiger partial charge in [0.05, 0.1) is 0 Å². The Bertz CT molecular complexity index is 586. The van der Waals surface area contributed by atoms with E-state index in [-0.39, 0.29) is 5.82 Å². The van der Waals surface area contributed by atoms with Crippen molar-refractivity contribution in [1.82, 2.24) is 9.97 Å². The lowest BCUT2D eigenvalue weighted by molar-refractivity contribution is 0.628. The lowest BCUT2D eigenvalue weighted by Crippen LogP contribution is -2.06. The van der Waals surface area contributed by atoms with E-state index in [2.05, 4.69) is 27.5 Å². The first-order chi connectivity index (χ1) is 10.2. The average Bonchev–Trinajstić information content (AvgIpc) is 2.43. The van der Waals surface area contributed by atoms with Crippen molar-refractivity contribution in [2.24, 2.45) is 0 Å². The zero-order chi connectivity index (χ0) is 15.1. The number of benzene rings is 1. The largest absolute Gasteiger partial charge is 0.370 e. The summed E-state index contributed by atoms with van der Waals surface area (Å²) in [6, 6.07) is 8.15. The topological polar surface area (TPSA) is 49.8 Å². The second kappa shape index (κ2) is 7.57. The summed E-state index contributed by atoms with van der Waals surface area (Å²) in [5.41, 5.74) is 0.671. The number of aryl methyl sites for hydroxylation is 1. The van der Waals surface area contributed by atoms with E-state index in [0.717, 1.165) is 18.8 Å². The Morgan fingerprint density at radius 1 is 1.10 bits per heavy atom. The first-order valence-electron chi connectivity index (χ1n) is 7.29. The Balaban J connectivity index is 2.04. The van der Waals surface area contributed by atoms with Gasteiger partial charge < -0.3 is 10.6 Å². The van der Waals surface area contributed by atoms with Crippen LogP contribution in [0.5, 0.6) is 0 Å². The van der Waals surface area contributed by atoms with Gasteiger partial charge in [-0.2, -0.15) is 0 Å². The Kier molecular flexibility index (Phi) is 5.49. The number of nitrogens with one attached hydrogen (secondary N) is 2. The van der Waals surface area contributed by atoms with E-state index in [9.17, 15) is 4.39 Å². The Labute approximate surface area is 124 Å². The van der Waals surface area contributed by atoms with Crippen LogP contribution in [0.25, 0.3) is 0 Å². The van der Waals surface area contributed by atoms with Gasteiger partial charge in [0, 0.05) is 18.3 Å². The summed E-state index contributed by atoms with van der Waals surface area (Å²) in [7, 11) is 0. The van der Waals surface area contributed by atoms with Gasteiger partial charge in [-0.1, -0.05) is 25.8 Å². The van der Waals surface area contributed by atoms with Crippen molar-refractivity contribution in [1.29, 1.82) is 0 Å². The van der Waals surface area contributed by atoms with Gasteiger partial charge >= 0.3 is 0 Å². The van der Waals surface area contributed by atoms with Gasteiger partial charge in [-0.05, 0) is 31.5 Å². The fourth-order valence-corrected chi connectivity index (χ4v) is 2.03. The van der Waals surface area contributed by atoms with Crippen molar-refractivity contribution in [2.45, 2.75) is 33.1 Å². The van der Waals surface area contributed by atoms with E-state index < -0.39 is 0 Å². The van der Waals surface area contributed by atoms with Gasteiger partial charge in [-0.25, -0.2) is 14.4 Å². The maximum atomic E-state index is 13.2. The fraction of sp³-hybridized carbons (Fsp3) is 0.375. The highest BCUT2D eigenvalue weighted by molar-refractivity contribution is 5.59. The molecule has 0 spiro atoms. The molecule has 4 nitrogen and oxygen atoms in total. The lowest BCUT2D eigenvalue weighted by atomic mass is 10.2. The van der Waals surface area contributed by atoms with E-state index in [0.29, 0.717) is 17.3 Å². The molecule has 1 heterocycles. The Hall–Kier alpha value is -2.17. The molecule has 2 aromatic rings. The third kappa shape index (κ3) is 5.02. The van der Waals surface area contributed by atoms with Crippen LogP contribution in [0.15, 0.2) is 30.3 Å². The quantitative estimate of drug-likeness (QED) is 0.747. The highest BCUT2D eigenvalue weighted by Crippen LogP contribution is 2.18. The number of rotatable bonds is 7. The lowest BCUT2D eigenvalue weighted by Gasteiger charge is -2.10. The molecule has 5 heteroatoms. The molecule has 0 radical (unpaired) electrons. The van der Waals surface area contributed by atoms with Crippen molar-refractivity contribution in [3.8, 4) is 0 Å². The molecule has 0 atom stereocenters. The smallest absolute Gasteiger partial charge is 0.136 e. The first kappa shape index (κ1) is 15.2. The first-order valence-corrected chi connectivity index (χ1v) is 7.29. The molecule has 21 heavy (non-hydrogen) atoms. The van der Waals surface area contributed by atoms with Crippen LogP contribution in [-0.4, -0.2) is 16.5 Å². The van der Waals surface area contributed by atoms with E-state index in [1.807, 2.05) is 13.0 Å². The second-order valence-electron chi connectivity index (χ2n) is 4.95. The van der Waals surface area contributed by atoms with Crippen LogP contribution >= 0.6 is 0 Å². The molecule has 1 aromatic heterocycles. The van der Waals surface area contributed by atoms with E-state index >= 15 is 0 Å². The van der Waals surface area contributed by atoms with Gasteiger partial charge in [-0.15, -0.1) is 0 Å². The standard InChI is InChI=1S/C16H21FN4/c1-3-4-5-9-18-15-11-16(20-12(2)19-15)21-14-8-6-7-13(17)10-14/h6-8,10-11H,3-5,9H2,1-2H3,(H2,18,19,20,21). The molecule has 0 aliphatic heterocycles. The summed E-state index contributed by atoms with van der Waals surface area (Å²) in [4.78, 5) is 8.67. The van der Waals surface area contributed by atoms with Crippen molar-refractivity contribution in [3.63, 3.8) is 0 Å². The minimum absolute atomic E-state index is 0.274. The number of nitrogens with zero attached hydrogens (tertiary/aromatic N) is 2. The molecule has 0 unspecified atom stereocenters. The van der Waals surface area contributed by atoms with Crippen molar-refractivity contribution in [2.75, 3.05) is 17.2 Å². The maximum absolute atomic E-state index is 13.2. The molecule has 0 saturated carbocycles. The van der Waals surface area contributed by atoms with Crippen LogP contribution in [0, 0.1) is 12.7 Å². The van der Waals surface area contributed by atoms with Crippen LogP contribution in [0.4, 0.5) is 21.7 Å². The number of hydrogen-bond donors (Lipinski definition) is 2. The molecule has 0 bridgehead atoms. The van der Waals surface area contributed by atoms with Crippen molar-refractivity contribution < 1.29 is 4.39 Å². The zero-order valence-electron chi connectivity index (χ0n) is 12.5. The van der Waals surface area contributed by atoms with Crippen LogP contribution in [0.2, 0.25) is 0 Å². The average molecular weight is 288 g/mol. The summed E-state index contributed by atoms with van der Waals surface area (Å²) in [6.45, 7) is 4.91. The Morgan fingerprint density at radius 2 is 1.90 bits per heavy atom. The fourth-order valence-electron chi connectivity index (χ4n) is 2.03. The van der Waals surface area contributed by atoms with Gasteiger partial charge in [-0.3, -0.25) is 0 Å². The summed E-state index contributed by atoms with van der Waals surface area (Å²) in [5.74, 6) is 1.85. The molecule has 2 rings (SSSR count). The summed E-state index contributed by atoms with van der Waals surface area (Å²) >= 11 is 0. The predicted octanol–water partition coefficient (Wildman–Crippen LogP) is 4.27. The molecule has 0 amide bonds. The van der Waals surface area contributed by atoms with Crippen LogP contribution < -0.4 is 10.6 Å². The van der Waals surface area contributed by atoms with Crippen LogP contribution in [0.1, 0.15) is 32.0 Å². The maximum Gasteiger partial charge on any atom is 0.136 e. The Morgan fingerprint density at radius 3 is 2.67 bits per heavy atom. The van der Waals surface area contributed by atoms with E-state index in [1.54, 1.807) is 12.1 Å². The van der Waals surface area contributed by atoms with Gasteiger partial charge in [0.2, 0.25) is 0 Å². The van der Waals surface area contributed by atoms with Crippen LogP contribution in [0.3, 0.4) is 0 Å². The monoisotopic (exact) mass is 288 g/mol. The third-order valence-electron chi connectivity index (χ3n) is 3.02. The molecule has 2 N–H and O–H groups in total. The predicted molar refractivity (Wildman–Crippen MR) is 84.5 cm³/mol. The van der Waals surface area contributed by atoms with Crippen molar-refractivity contribution in [3.05, 3.63) is 42.0 Å². The number of halogens is 1. The third-order valence-corrected chi connectivity index (χ3v) is 3.02. The molecule has 1 aromatic carbocycles. The van der Waals surface area contributed by atoms with Gasteiger partial charge in [0.25, 0.3) is 0 Å². The molecule has 0 fully saturated rings. The SMILES string of the molecule is CCCCCNc1cc(Nc2cccc(F)c2)nc(C)n1. The molecular formula is C16H21FN4. The summed E-state index contributed by atoms with van der Waals surface area (Å²) in [6.07, 6.45) is 3.51. The summed E-state index contributed by atoms with van der Waals surface area (Å²) < 4.78 is 13.2. The summed E-state index contributed by atoms with van der Waals surface area (Å²) in [5, 5.41) is 6.39. The second-order valence-corrected chi connectivity index (χ2v) is 4.95. The molecule has 0 aliphatic rings. The number of unbranched alkanes of at least 4 members (excludes halogenated alkanes) is 2. The zero-order valence-corrected chi connectivity index (χ0v) is 12.5. The highest BCUT2D eigenvalue weighted by Gasteiger charge is 2.03. The molecule has 0 saturated heterocycles. The van der Waals surface area contributed by atoms with Gasteiger partial charge in [0.15, 0.2) is 0 Å². The van der Waals surface area contributed by atoms with E-state index in [4.69, 9.17) is 0 Å². The minimum Gasteiger partial charge on any atom is -0.370 e. The highest BCUT2D eigenvalue weighted by atomic mass is 19.1. The normalized spacial score (nSPS) is 10.4. The molecular weight excluding hydrogens is 267 g/mol. The molecule has 0 aliphatic carbocycles. The number of hydrogen-bond acceptors (Lipinski definition) is 4. The minimum atomic E-state index is -0.274. The van der Waals surface area contributed by atoms with Gasteiger partial charge in [0.1, 0.15) is 23.3 Å².